The average molecular weight is 410 g/mol. The summed E-state index contributed by atoms with van der Waals surface area (Å²) in [5, 5.41) is 0. The summed E-state index contributed by atoms with van der Waals surface area (Å²) < 4.78 is 45.0. The van der Waals surface area contributed by atoms with Gasteiger partial charge in [-0.05, 0) is 24.3 Å². The fourth-order valence-electron chi connectivity index (χ4n) is 2.76. The van der Waals surface area contributed by atoms with Crippen LogP contribution in [0.15, 0.2) is 52.0 Å². The predicted octanol–water partition coefficient (Wildman–Crippen LogP) is 0.186. The molecule has 0 saturated carbocycles. The molecule has 1 aromatic heterocycles. The lowest BCUT2D eigenvalue weighted by molar-refractivity contribution is -0.123. The molecular weight excluding hydrogens is 391 g/mol. The Morgan fingerprint density at radius 3 is 2.39 bits per heavy atom. The van der Waals surface area contributed by atoms with E-state index in [0.717, 1.165) is 6.07 Å². The van der Waals surface area contributed by atoms with Crippen molar-refractivity contribution in [2.24, 2.45) is 0 Å². The third-order valence-electron chi connectivity index (χ3n) is 4.21. The number of piperazine rings is 1. The van der Waals surface area contributed by atoms with Gasteiger partial charge in [-0.1, -0.05) is 12.1 Å². The molecule has 2 heterocycles. The number of nitrogens with zero attached hydrogens (tertiary/aromatic N) is 2. The van der Waals surface area contributed by atoms with Crippen LogP contribution in [0.2, 0.25) is 0 Å². The van der Waals surface area contributed by atoms with E-state index in [-0.39, 0.29) is 30.3 Å². The third kappa shape index (κ3) is 4.55. The number of furan rings is 1. The molecule has 1 fully saturated rings. The van der Waals surface area contributed by atoms with Gasteiger partial charge < -0.3 is 4.42 Å². The number of hydrogen-bond acceptors (Lipinski definition) is 6. The van der Waals surface area contributed by atoms with Crippen molar-refractivity contribution in [3.63, 3.8) is 0 Å². The Morgan fingerprint density at radius 1 is 1.04 bits per heavy atom. The summed E-state index contributed by atoms with van der Waals surface area (Å²) in [6.07, 6.45) is 1.34. The first-order valence-corrected chi connectivity index (χ1v) is 9.91. The topological polar surface area (TPSA) is 112 Å². The van der Waals surface area contributed by atoms with Crippen LogP contribution in [0.3, 0.4) is 0 Å². The average Bonchev–Trinajstić information content (AvgIpc) is 3.22. The van der Waals surface area contributed by atoms with Crippen LogP contribution in [0.1, 0.15) is 10.6 Å². The van der Waals surface area contributed by atoms with Gasteiger partial charge in [-0.25, -0.2) is 12.8 Å². The number of hydrogen-bond donors (Lipinski definition) is 2. The monoisotopic (exact) mass is 410 g/mol. The van der Waals surface area contributed by atoms with Crippen LogP contribution in [0.4, 0.5) is 4.39 Å². The third-order valence-corrected chi connectivity index (χ3v) is 6.15. The zero-order valence-corrected chi connectivity index (χ0v) is 15.6. The SMILES string of the molecule is O=C(CN1CCN(S(=O)(=O)c2ccccc2F)CC1)NNC(=O)c1ccco1. The van der Waals surface area contributed by atoms with Gasteiger partial charge in [0.05, 0.1) is 12.8 Å². The minimum Gasteiger partial charge on any atom is -0.459 e. The summed E-state index contributed by atoms with van der Waals surface area (Å²) in [5.74, 6) is -1.77. The van der Waals surface area contributed by atoms with Crippen molar-refractivity contribution in [1.82, 2.24) is 20.1 Å². The zero-order chi connectivity index (χ0) is 20.1. The molecule has 1 aromatic carbocycles. The molecule has 0 unspecified atom stereocenters. The van der Waals surface area contributed by atoms with Crippen LogP contribution in [0.5, 0.6) is 0 Å². The molecule has 3 rings (SSSR count). The first-order chi connectivity index (χ1) is 13.4. The van der Waals surface area contributed by atoms with Gasteiger partial charge in [0.1, 0.15) is 10.7 Å². The van der Waals surface area contributed by atoms with Crippen molar-refractivity contribution in [2.45, 2.75) is 4.90 Å². The number of carbonyl (C=O) groups is 2. The summed E-state index contributed by atoms with van der Waals surface area (Å²) in [6.45, 7) is 0.831. The highest BCUT2D eigenvalue weighted by atomic mass is 32.2. The second-order valence-electron chi connectivity index (χ2n) is 6.09. The summed E-state index contributed by atoms with van der Waals surface area (Å²) >= 11 is 0. The van der Waals surface area contributed by atoms with E-state index in [2.05, 4.69) is 10.9 Å². The molecule has 0 atom stereocenters. The molecule has 0 radical (unpaired) electrons. The Kier molecular flexibility index (Phi) is 6.07. The van der Waals surface area contributed by atoms with Crippen LogP contribution in [0.25, 0.3) is 0 Å². The van der Waals surface area contributed by atoms with E-state index >= 15 is 0 Å². The van der Waals surface area contributed by atoms with Crippen molar-refractivity contribution in [3.8, 4) is 0 Å². The van der Waals surface area contributed by atoms with E-state index in [4.69, 9.17) is 4.42 Å². The number of amides is 2. The molecular formula is C17H19FN4O5S. The van der Waals surface area contributed by atoms with E-state index in [0.29, 0.717) is 13.1 Å². The maximum Gasteiger partial charge on any atom is 0.305 e. The number of carbonyl (C=O) groups excluding carboxylic acids is 2. The second-order valence-corrected chi connectivity index (χ2v) is 8.00. The molecule has 0 spiro atoms. The minimum absolute atomic E-state index is 0.0218. The molecule has 1 saturated heterocycles. The molecule has 1 aliphatic rings. The maximum absolute atomic E-state index is 13.8. The smallest absolute Gasteiger partial charge is 0.305 e. The molecule has 2 amide bonds. The van der Waals surface area contributed by atoms with Gasteiger partial charge in [0.25, 0.3) is 5.91 Å². The largest absolute Gasteiger partial charge is 0.459 e. The summed E-state index contributed by atoms with van der Waals surface area (Å²) in [5.41, 5.74) is 4.50. The predicted molar refractivity (Wildman–Crippen MR) is 95.9 cm³/mol. The first-order valence-electron chi connectivity index (χ1n) is 8.47. The number of hydrazine groups is 1. The highest BCUT2D eigenvalue weighted by Gasteiger charge is 2.30. The lowest BCUT2D eigenvalue weighted by atomic mass is 10.3. The summed E-state index contributed by atoms with van der Waals surface area (Å²) in [7, 11) is -3.93. The Hall–Kier alpha value is -2.76. The number of halogens is 1. The zero-order valence-electron chi connectivity index (χ0n) is 14.8. The van der Waals surface area contributed by atoms with E-state index in [1.54, 1.807) is 11.0 Å². The van der Waals surface area contributed by atoms with Gasteiger partial charge in [0, 0.05) is 26.2 Å². The fourth-order valence-corrected chi connectivity index (χ4v) is 4.25. The first kappa shape index (κ1) is 20.0. The van der Waals surface area contributed by atoms with Crippen LogP contribution in [-0.2, 0) is 14.8 Å². The summed E-state index contributed by atoms with van der Waals surface area (Å²) in [4.78, 5) is 25.0. The maximum atomic E-state index is 13.8. The van der Waals surface area contributed by atoms with Crippen molar-refractivity contribution >= 4 is 21.8 Å². The molecule has 2 aromatic rings. The molecule has 11 heteroatoms. The van der Waals surface area contributed by atoms with Gasteiger partial charge in [-0.15, -0.1) is 0 Å². The Labute approximate surface area is 161 Å². The van der Waals surface area contributed by atoms with Crippen LogP contribution >= 0.6 is 0 Å². The minimum atomic E-state index is -3.93. The van der Waals surface area contributed by atoms with E-state index in [9.17, 15) is 22.4 Å². The number of nitrogens with one attached hydrogen (secondary N) is 2. The molecule has 150 valence electrons. The molecule has 1 aliphatic heterocycles. The van der Waals surface area contributed by atoms with E-state index < -0.39 is 27.7 Å². The molecule has 0 bridgehead atoms. The van der Waals surface area contributed by atoms with E-state index in [1.807, 2.05) is 0 Å². The fraction of sp³-hybridized carbons (Fsp3) is 0.294. The van der Waals surface area contributed by atoms with Crippen LogP contribution < -0.4 is 10.9 Å². The van der Waals surface area contributed by atoms with Crippen molar-refractivity contribution in [3.05, 3.63) is 54.2 Å². The molecule has 28 heavy (non-hydrogen) atoms. The highest BCUT2D eigenvalue weighted by Crippen LogP contribution is 2.20. The van der Waals surface area contributed by atoms with Crippen molar-refractivity contribution in [1.29, 1.82) is 0 Å². The quantitative estimate of drug-likeness (QED) is 0.681. The van der Waals surface area contributed by atoms with Gasteiger partial charge in [0.2, 0.25) is 10.0 Å². The lowest BCUT2D eigenvalue weighted by Crippen LogP contribution is -2.52. The second kappa shape index (κ2) is 8.50. The van der Waals surface area contributed by atoms with Crippen LogP contribution in [0, 0.1) is 5.82 Å². The molecule has 2 N–H and O–H groups in total. The highest BCUT2D eigenvalue weighted by molar-refractivity contribution is 7.89. The number of sulfonamides is 1. The van der Waals surface area contributed by atoms with Gasteiger partial charge in [-0.3, -0.25) is 25.3 Å². The van der Waals surface area contributed by atoms with Crippen LogP contribution in [-0.4, -0.2) is 62.2 Å². The van der Waals surface area contributed by atoms with Gasteiger partial charge in [-0.2, -0.15) is 4.31 Å². The Balaban J connectivity index is 1.48. The lowest BCUT2D eigenvalue weighted by Gasteiger charge is -2.33. The Morgan fingerprint density at radius 2 is 1.75 bits per heavy atom. The van der Waals surface area contributed by atoms with E-state index in [1.165, 1.54) is 34.8 Å². The van der Waals surface area contributed by atoms with Gasteiger partial charge in [0.15, 0.2) is 5.76 Å². The normalized spacial score (nSPS) is 15.9. The van der Waals surface area contributed by atoms with Gasteiger partial charge >= 0.3 is 5.91 Å². The number of benzene rings is 1. The molecule has 9 nitrogen and oxygen atoms in total. The standard InChI is InChI=1S/C17H19FN4O5S/c18-13-4-1-2-6-15(13)28(25,26)22-9-7-21(8-10-22)12-16(23)19-20-17(24)14-5-3-11-27-14/h1-6,11H,7-10,12H2,(H,19,23)(H,20,24). The Bertz CT molecular complexity index is 940. The molecule has 0 aliphatic carbocycles. The summed E-state index contributed by atoms with van der Waals surface area (Å²) in [6, 6.07) is 8.22. The van der Waals surface area contributed by atoms with Crippen molar-refractivity contribution < 1.29 is 26.8 Å². The van der Waals surface area contributed by atoms with Crippen molar-refractivity contribution in [2.75, 3.05) is 32.7 Å². The number of rotatable bonds is 5.